The van der Waals surface area contributed by atoms with E-state index >= 15 is 0 Å². The molecule has 84 valence electrons. The van der Waals surface area contributed by atoms with E-state index in [4.69, 9.17) is 0 Å². The van der Waals surface area contributed by atoms with Crippen LogP contribution >= 0.6 is 0 Å². The number of carbonyl (C=O) groups excluding carboxylic acids is 1. The molecule has 1 aromatic heterocycles. The molecule has 0 saturated heterocycles. The highest BCUT2D eigenvalue weighted by Crippen LogP contribution is 2.04. The lowest BCUT2D eigenvalue weighted by Crippen LogP contribution is -2.30. The monoisotopic (exact) mass is 209 g/mol. The Hall–Kier alpha value is -1.32. The number of rotatable bonds is 6. The lowest BCUT2D eigenvalue weighted by Gasteiger charge is -2.10. The summed E-state index contributed by atoms with van der Waals surface area (Å²) < 4.78 is 0. The number of carbonyl (C=O) groups is 1. The van der Waals surface area contributed by atoms with E-state index in [1.165, 1.54) is 0 Å². The number of hydrogen-bond acceptors (Lipinski definition) is 2. The molecule has 2 N–H and O–H groups in total. The van der Waals surface area contributed by atoms with Gasteiger partial charge in [0.05, 0.1) is 6.33 Å². The Balaban J connectivity index is 2.17. The van der Waals surface area contributed by atoms with Crippen LogP contribution in [0.2, 0.25) is 0 Å². The SMILES string of the molecule is CCCC(C)C(=O)NCCc1cnc[nH]1. The van der Waals surface area contributed by atoms with Crippen molar-refractivity contribution < 1.29 is 4.79 Å². The number of imidazole rings is 1. The Morgan fingerprint density at radius 1 is 1.67 bits per heavy atom. The standard InChI is InChI=1S/C11H19N3O/c1-3-4-9(2)11(15)13-6-5-10-7-12-8-14-10/h7-9H,3-6H2,1-2H3,(H,12,14)(H,13,15). The molecule has 0 spiro atoms. The van der Waals surface area contributed by atoms with Crippen LogP contribution in [-0.2, 0) is 11.2 Å². The Bertz CT molecular complexity index is 282. The van der Waals surface area contributed by atoms with Crippen molar-refractivity contribution in [2.24, 2.45) is 5.92 Å². The summed E-state index contributed by atoms with van der Waals surface area (Å²) in [5.74, 6) is 0.271. The van der Waals surface area contributed by atoms with Gasteiger partial charge >= 0.3 is 0 Å². The van der Waals surface area contributed by atoms with Crippen LogP contribution in [-0.4, -0.2) is 22.4 Å². The zero-order chi connectivity index (χ0) is 11.1. The molecule has 1 rings (SSSR count). The van der Waals surface area contributed by atoms with Crippen LogP contribution in [0.15, 0.2) is 12.5 Å². The minimum atomic E-state index is 0.122. The summed E-state index contributed by atoms with van der Waals surface area (Å²) in [5.41, 5.74) is 1.05. The third-order valence-electron chi connectivity index (χ3n) is 2.42. The Morgan fingerprint density at radius 3 is 3.07 bits per heavy atom. The average molecular weight is 209 g/mol. The van der Waals surface area contributed by atoms with Crippen LogP contribution in [0.4, 0.5) is 0 Å². The van der Waals surface area contributed by atoms with Gasteiger partial charge in [0.15, 0.2) is 0 Å². The lowest BCUT2D eigenvalue weighted by atomic mass is 10.1. The van der Waals surface area contributed by atoms with E-state index in [1.807, 2.05) is 6.92 Å². The number of nitrogens with zero attached hydrogens (tertiary/aromatic N) is 1. The van der Waals surface area contributed by atoms with Gasteiger partial charge in [-0.3, -0.25) is 4.79 Å². The van der Waals surface area contributed by atoms with Crippen molar-refractivity contribution in [3.8, 4) is 0 Å². The maximum Gasteiger partial charge on any atom is 0.222 e. The molecule has 0 aliphatic rings. The molecule has 0 aliphatic heterocycles. The van der Waals surface area contributed by atoms with E-state index in [0.717, 1.165) is 25.0 Å². The van der Waals surface area contributed by atoms with Crippen molar-refractivity contribution in [2.75, 3.05) is 6.54 Å². The van der Waals surface area contributed by atoms with Crippen LogP contribution in [0.25, 0.3) is 0 Å². The van der Waals surface area contributed by atoms with Gasteiger partial charge in [0, 0.05) is 30.8 Å². The predicted molar refractivity (Wildman–Crippen MR) is 59.4 cm³/mol. The van der Waals surface area contributed by atoms with Gasteiger partial charge in [0.2, 0.25) is 5.91 Å². The van der Waals surface area contributed by atoms with E-state index in [2.05, 4.69) is 22.2 Å². The molecule has 15 heavy (non-hydrogen) atoms. The molecule has 1 amide bonds. The van der Waals surface area contributed by atoms with Crippen molar-refractivity contribution in [3.05, 3.63) is 18.2 Å². The molecule has 1 atom stereocenters. The second-order valence-corrected chi connectivity index (χ2v) is 3.81. The summed E-state index contributed by atoms with van der Waals surface area (Å²) in [6.07, 6.45) is 6.24. The van der Waals surface area contributed by atoms with Crippen molar-refractivity contribution >= 4 is 5.91 Å². The second kappa shape index (κ2) is 6.22. The first kappa shape index (κ1) is 11.8. The van der Waals surface area contributed by atoms with Gasteiger partial charge in [0.25, 0.3) is 0 Å². The second-order valence-electron chi connectivity index (χ2n) is 3.81. The smallest absolute Gasteiger partial charge is 0.222 e. The molecular weight excluding hydrogens is 190 g/mol. The first-order valence-corrected chi connectivity index (χ1v) is 5.49. The van der Waals surface area contributed by atoms with Crippen molar-refractivity contribution in [1.82, 2.24) is 15.3 Å². The van der Waals surface area contributed by atoms with Gasteiger partial charge in [-0.1, -0.05) is 20.3 Å². The van der Waals surface area contributed by atoms with E-state index < -0.39 is 0 Å². The largest absolute Gasteiger partial charge is 0.355 e. The van der Waals surface area contributed by atoms with E-state index in [-0.39, 0.29) is 11.8 Å². The molecule has 0 fully saturated rings. The highest BCUT2D eigenvalue weighted by Gasteiger charge is 2.10. The summed E-state index contributed by atoms with van der Waals surface area (Å²) in [5, 5.41) is 2.92. The van der Waals surface area contributed by atoms with E-state index in [1.54, 1.807) is 12.5 Å². The third-order valence-corrected chi connectivity index (χ3v) is 2.42. The molecule has 4 heteroatoms. The summed E-state index contributed by atoms with van der Waals surface area (Å²) in [7, 11) is 0. The summed E-state index contributed by atoms with van der Waals surface area (Å²) in [4.78, 5) is 18.4. The summed E-state index contributed by atoms with van der Waals surface area (Å²) in [6, 6.07) is 0. The number of amides is 1. The molecule has 0 bridgehead atoms. The maximum absolute atomic E-state index is 11.5. The number of aromatic nitrogens is 2. The van der Waals surface area contributed by atoms with Crippen LogP contribution in [0.3, 0.4) is 0 Å². The summed E-state index contributed by atoms with van der Waals surface area (Å²) >= 11 is 0. The molecule has 0 radical (unpaired) electrons. The maximum atomic E-state index is 11.5. The molecule has 1 aromatic rings. The average Bonchev–Trinajstić information content (AvgIpc) is 2.71. The number of H-pyrrole nitrogens is 1. The number of nitrogens with one attached hydrogen (secondary N) is 2. The molecule has 0 aliphatic carbocycles. The zero-order valence-electron chi connectivity index (χ0n) is 9.42. The van der Waals surface area contributed by atoms with Crippen molar-refractivity contribution in [3.63, 3.8) is 0 Å². The first-order valence-electron chi connectivity index (χ1n) is 5.49. The highest BCUT2D eigenvalue weighted by atomic mass is 16.1. The highest BCUT2D eigenvalue weighted by molar-refractivity contribution is 5.78. The van der Waals surface area contributed by atoms with Crippen molar-refractivity contribution in [1.29, 1.82) is 0 Å². The fourth-order valence-corrected chi connectivity index (χ4v) is 1.48. The van der Waals surface area contributed by atoms with Crippen LogP contribution < -0.4 is 5.32 Å². The van der Waals surface area contributed by atoms with Crippen LogP contribution in [0.5, 0.6) is 0 Å². The minimum Gasteiger partial charge on any atom is -0.355 e. The number of hydrogen-bond donors (Lipinski definition) is 2. The van der Waals surface area contributed by atoms with Gasteiger partial charge in [0.1, 0.15) is 0 Å². The lowest BCUT2D eigenvalue weighted by molar-refractivity contribution is -0.124. The quantitative estimate of drug-likeness (QED) is 0.746. The third kappa shape index (κ3) is 4.14. The fraction of sp³-hybridized carbons (Fsp3) is 0.636. The molecular formula is C11H19N3O. The zero-order valence-corrected chi connectivity index (χ0v) is 9.42. The normalized spacial score (nSPS) is 12.4. The minimum absolute atomic E-state index is 0.122. The molecule has 1 unspecified atom stereocenters. The van der Waals surface area contributed by atoms with Gasteiger partial charge in [-0.15, -0.1) is 0 Å². The van der Waals surface area contributed by atoms with E-state index in [0.29, 0.717) is 6.54 Å². The Labute approximate surface area is 90.5 Å². The van der Waals surface area contributed by atoms with E-state index in [9.17, 15) is 4.79 Å². The van der Waals surface area contributed by atoms with Crippen LogP contribution in [0, 0.1) is 5.92 Å². The topological polar surface area (TPSA) is 57.8 Å². The predicted octanol–water partition coefficient (Wildman–Crippen LogP) is 1.50. The van der Waals surface area contributed by atoms with Crippen LogP contribution in [0.1, 0.15) is 32.4 Å². The first-order chi connectivity index (χ1) is 7.24. The molecule has 4 nitrogen and oxygen atoms in total. The van der Waals surface area contributed by atoms with Gasteiger partial charge in [-0.2, -0.15) is 0 Å². The number of aromatic amines is 1. The summed E-state index contributed by atoms with van der Waals surface area (Å²) in [6.45, 7) is 4.73. The Morgan fingerprint density at radius 2 is 2.47 bits per heavy atom. The van der Waals surface area contributed by atoms with Gasteiger partial charge in [-0.05, 0) is 6.42 Å². The Kier molecular flexibility index (Phi) is 4.87. The molecule has 1 heterocycles. The van der Waals surface area contributed by atoms with Gasteiger partial charge in [-0.25, -0.2) is 4.98 Å². The fourth-order valence-electron chi connectivity index (χ4n) is 1.48. The molecule has 0 saturated carbocycles. The van der Waals surface area contributed by atoms with Gasteiger partial charge < -0.3 is 10.3 Å². The van der Waals surface area contributed by atoms with Crippen molar-refractivity contribution in [2.45, 2.75) is 33.1 Å². The molecule has 0 aromatic carbocycles.